The molecule has 1 unspecified atom stereocenters. The third-order valence-electron chi connectivity index (χ3n) is 2.84. The Labute approximate surface area is 105 Å². The molecule has 1 fully saturated rings. The number of nitrogens with one attached hydrogen (secondary N) is 1. The molecule has 0 spiro atoms. The average molecular weight is 251 g/mol. The second kappa shape index (κ2) is 5.74. The molecule has 0 bridgehead atoms. The van der Waals surface area contributed by atoms with Crippen LogP contribution in [-0.4, -0.2) is 48.7 Å². The predicted molar refractivity (Wildman–Crippen MR) is 65.9 cm³/mol. The van der Waals surface area contributed by atoms with Crippen molar-refractivity contribution in [2.75, 3.05) is 31.7 Å². The van der Waals surface area contributed by atoms with Crippen LogP contribution in [0.5, 0.6) is 0 Å². The molecule has 1 aromatic heterocycles. The minimum absolute atomic E-state index is 0.101. The van der Waals surface area contributed by atoms with Crippen LogP contribution in [-0.2, 0) is 16.1 Å². The standard InChI is InChI=1S/C11H17N5O2/c1-13-10(17)9-7-18-5-4-16(9)11-14-3-2-8(6-12)15-11/h2-3,9H,4-7,12H2,1H3,(H,13,17). The molecule has 1 aromatic rings. The molecule has 3 N–H and O–H groups in total. The largest absolute Gasteiger partial charge is 0.377 e. The van der Waals surface area contributed by atoms with Gasteiger partial charge in [0.15, 0.2) is 0 Å². The van der Waals surface area contributed by atoms with Crippen molar-refractivity contribution in [3.8, 4) is 0 Å². The Kier molecular flexibility index (Phi) is 4.06. The second-order valence-electron chi connectivity index (χ2n) is 3.95. The maximum atomic E-state index is 11.8. The van der Waals surface area contributed by atoms with E-state index in [1.165, 1.54) is 0 Å². The molecule has 0 saturated carbocycles. The van der Waals surface area contributed by atoms with E-state index in [9.17, 15) is 4.79 Å². The van der Waals surface area contributed by atoms with Crippen molar-refractivity contribution < 1.29 is 9.53 Å². The number of nitrogens with two attached hydrogens (primary N) is 1. The molecular weight excluding hydrogens is 234 g/mol. The fourth-order valence-electron chi connectivity index (χ4n) is 1.86. The summed E-state index contributed by atoms with van der Waals surface area (Å²) in [6, 6.07) is 1.37. The SMILES string of the molecule is CNC(=O)C1COCCN1c1nccc(CN)n1. The number of hydrogen-bond acceptors (Lipinski definition) is 6. The summed E-state index contributed by atoms with van der Waals surface area (Å²) in [5.41, 5.74) is 6.31. The van der Waals surface area contributed by atoms with Crippen molar-refractivity contribution in [3.63, 3.8) is 0 Å². The van der Waals surface area contributed by atoms with Gasteiger partial charge in [0.25, 0.3) is 0 Å². The van der Waals surface area contributed by atoms with Crippen LogP contribution in [0.2, 0.25) is 0 Å². The minimum Gasteiger partial charge on any atom is -0.377 e. The minimum atomic E-state index is -0.392. The summed E-state index contributed by atoms with van der Waals surface area (Å²) >= 11 is 0. The summed E-state index contributed by atoms with van der Waals surface area (Å²) in [6.45, 7) is 1.84. The summed E-state index contributed by atoms with van der Waals surface area (Å²) in [7, 11) is 1.60. The van der Waals surface area contributed by atoms with E-state index in [1.807, 2.05) is 4.90 Å². The Balaban J connectivity index is 2.24. The first-order valence-corrected chi connectivity index (χ1v) is 5.84. The molecule has 2 heterocycles. The highest BCUT2D eigenvalue weighted by Gasteiger charge is 2.30. The van der Waals surface area contributed by atoms with Gasteiger partial charge in [0, 0.05) is 26.3 Å². The normalized spacial score (nSPS) is 19.7. The van der Waals surface area contributed by atoms with Crippen molar-refractivity contribution >= 4 is 11.9 Å². The van der Waals surface area contributed by atoms with Gasteiger partial charge in [-0.25, -0.2) is 9.97 Å². The van der Waals surface area contributed by atoms with Crippen molar-refractivity contribution in [3.05, 3.63) is 18.0 Å². The van der Waals surface area contributed by atoms with Gasteiger partial charge in [0.1, 0.15) is 6.04 Å². The highest BCUT2D eigenvalue weighted by atomic mass is 16.5. The van der Waals surface area contributed by atoms with Gasteiger partial charge >= 0.3 is 0 Å². The molecule has 18 heavy (non-hydrogen) atoms. The number of aromatic nitrogens is 2. The molecule has 7 nitrogen and oxygen atoms in total. The molecule has 0 radical (unpaired) electrons. The molecule has 1 aliphatic heterocycles. The van der Waals surface area contributed by atoms with E-state index in [0.717, 1.165) is 5.69 Å². The number of morpholine rings is 1. The van der Waals surface area contributed by atoms with Crippen LogP contribution in [0.15, 0.2) is 12.3 Å². The predicted octanol–water partition coefficient (Wildman–Crippen LogP) is -1.11. The first-order chi connectivity index (χ1) is 8.76. The molecule has 1 saturated heterocycles. The van der Waals surface area contributed by atoms with E-state index in [1.54, 1.807) is 19.3 Å². The molecule has 0 aliphatic carbocycles. The van der Waals surface area contributed by atoms with Crippen molar-refractivity contribution in [1.82, 2.24) is 15.3 Å². The van der Waals surface area contributed by atoms with Crippen LogP contribution in [0.4, 0.5) is 5.95 Å². The lowest BCUT2D eigenvalue weighted by atomic mass is 10.2. The quantitative estimate of drug-likeness (QED) is 0.707. The fraction of sp³-hybridized carbons (Fsp3) is 0.545. The van der Waals surface area contributed by atoms with Crippen LogP contribution in [0.25, 0.3) is 0 Å². The van der Waals surface area contributed by atoms with Crippen molar-refractivity contribution in [1.29, 1.82) is 0 Å². The molecule has 1 amide bonds. The third-order valence-corrected chi connectivity index (χ3v) is 2.84. The number of likely N-dealkylation sites (N-methyl/N-ethyl adjacent to an activating group) is 1. The first kappa shape index (κ1) is 12.7. The summed E-state index contributed by atoms with van der Waals surface area (Å²) < 4.78 is 5.33. The van der Waals surface area contributed by atoms with Gasteiger partial charge in [-0.2, -0.15) is 0 Å². The molecule has 7 heteroatoms. The van der Waals surface area contributed by atoms with E-state index >= 15 is 0 Å². The number of amides is 1. The maximum Gasteiger partial charge on any atom is 0.244 e. The number of ether oxygens (including phenoxy) is 1. The fourth-order valence-corrected chi connectivity index (χ4v) is 1.86. The second-order valence-corrected chi connectivity index (χ2v) is 3.95. The average Bonchev–Trinajstić information content (AvgIpc) is 2.46. The number of rotatable bonds is 3. The monoisotopic (exact) mass is 251 g/mol. The van der Waals surface area contributed by atoms with E-state index in [-0.39, 0.29) is 5.91 Å². The van der Waals surface area contributed by atoms with Gasteiger partial charge in [-0.1, -0.05) is 0 Å². The molecule has 0 aromatic carbocycles. The Morgan fingerprint density at radius 2 is 2.56 bits per heavy atom. The summed E-state index contributed by atoms with van der Waals surface area (Å²) in [4.78, 5) is 22.2. The Hall–Kier alpha value is -1.73. The molecule has 98 valence electrons. The molecule has 1 aliphatic rings. The van der Waals surface area contributed by atoms with Gasteiger partial charge in [-0.05, 0) is 6.07 Å². The van der Waals surface area contributed by atoms with Crippen LogP contribution >= 0.6 is 0 Å². The van der Waals surface area contributed by atoms with Crippen molar-refractivity contribution in [2.45, 2.75) is 12.6 Å². The van der Waals surface area contributed by atoms with Gasteiger partial charge in [0.05, 0.1) is 18.9 Å². The lowest BCUT2D eigenvalue weighted by Gasteiger charge is -2.34. The molecular formula is C11H17N5O2. The zero-order valence-electron chi connectivity index (χ0n) is 10.3. The van der Waals surface area contributed by atoms with E-state index < -0.39 is 6.04 Å². The van der Waals surface area contributed by atoms with Crippen LogP contribution in [0.1, 0.15) is 5.69 Å². The molecule has 1 atom stereocenters. The van der Waals surface area contributed by atoms with Gasteiger partial charge in [-0.15, -0.1) is 0 Å². The van der Waals surface area contributed by atoms with Gasteiger partial charge < -0.3 is 20.7 Å². The summed E-state index contributed by atoms with van der Waals surface area (Å²) in [6.07, 6.45) is 1.65. The maximum absolute atomic E-state index is 11.8. The van der Waals surface area contributed by atoms with Crippen LogP contribution < -0.4 is 16.0 Å². The Morgan fingerprint density at radius 3 is 3.28 bits per heavy atom. The smallest absolute Gasteiger partial charge is 0.244 e. The van der Waals surface area contributed by atoms with Gasteiger partial charge in [-0.3, -0.25) is 4.79 Å². The summed E-state index contributed by atoms with van der Waals surface area (Å²) in [5.74, 6) is 0.423. The number of anilines is 1. The lowest BCUT2D eigenvalue weighted by Crippen LogP contribution is -2.54. The summed E-state index contributed by atoms with van der Waals surface area (Å²) in [5, 5.41) is 2.62. The van der Waals surface area contributed by atoms with Gasteiger partial charge in [0.2, 0.25) is 11.9 Å². The zero-order valence-corrected chi connectivity index (χ0v) is 10.3. The zero-order chi connectivity index (χ0) is 13.0. The number of hydrogen-bond donors (Lipinski definition) is 2. The highest BCUT2D eigenvalue weighted by molar-refractivity contribution is 5.84. The number of nitrogens with zero attached hydrogens (tertiary/aromatic N) is 3. The van der Waals surface area contributed by atoms with E-state index in [0.29, 0.717) is 32.3 Å². The van der Waals surface area contributed by atoms with E-state index in [4.69, 9.17) is 10.5 Å². The first-order valence-electron chi connectivity index (χ1n) is 5.84. The van der Waals surface area contributed by atoms with Crippen LogP contribution in [0.3, 0.4) is 0 Å². The van der Waals surface area contributed by atoms with Crippen LogP contribution in [0, 0.1) is 0 Å². The highest BCUT2D eigenvalue weighted by Crippen LogP contribution is 2.15. The number of carbonyl (C=O) groups excluding carboxylic acids is 1. The molecule has 2 rings (SSSR count). The number of carbonyl (C=O) groups is 1. The Morgan fingerprint density at radius 1 is 1.72 bits per heavy atom. The topological polar surface area (TPSA) is 93.4 Å². The third kappa shape index (κ3) is 2.57. The van der Waals surface area contributed by atoms with E-state index in [2.05, 4.69) is 15.3 Å². The lowest BCUT2D eigenvalue weighted by molar-refractivity contribution is -0.124. The Bertz CT molecular complexity index is 426. The van der Waals surface area contributed by atoms with Crippen molar-refractivity contribution in [2.24, 2.45) is 5.73 Å².